The highest BCUT2D eigenvalue weighted by Crippen LogP contribution is 2.20. The average molecular weight is 319 g/mol. The molecular weight excluding hydrogens is 290 g/mol. The predicted octanol–water partition coefficient (Wildman–Crippen LogP) is 3.48. The smallest absolute Gasteiger partial charge is 0.323 e. The number of nitrogens with one attached hydrogen (secondary N) is 1. The molecule has 0 heterocycles. The fourth-order valence-corrected chi connectivity index (χ4v) is 3.02. The van der Waals surface area contributed by atoms with E-state index in [1.807, 2.05) is 24.3 Å². The maximum Gasteiger partial charge on any atom is 0.323 e. The van der Waals surface area contributed by atoms with Crippen LogP contribution in [0.1, 0.15) is 51.0 Å². The van der Waals surface area contributed by atoms with Crippen molar-refractivity contribution in [2.24, 2.45) is 0 Å². The van der Waals surface area contributed by atoms with Crippen LogP contribution in [0.25, 0.3) is 0 Å². The monoisotopic (exact) mass is 319 g/mol. The summed E-state index contributed by atoms with van der Waals surface area (Å²) in [6.45, 7) is 2.90. The molecule has 0 saturated heterocycles. The minimum absolute atomic E-state index is 0.180. The Morgan fingerprint density at radius 3 is 2.57 bits per heavy atom. The van der Waals surface area contributed by atoms with Crippen LogP contribution in [0.4, 0.5) is 0 Å². The lowest BCUT2D eigenvalue weighted by molar-refractivity contribution is -0.143. The molecule has 1 aromatic rings. The molecule has 0 amide bonds. The average Bonchev–Trinajstić information content (AvgIpc) is 3.08. The molecule has 128 valence electrons. The van der Waals surface area contributed by atoms with Crippen LogP contribution in [0.5, 0.6) is 5.75 Å². The van der Waals surface area contributed by atoms with Gasteiger partial charge in [0.05, 0.1) is 13.7 Å². The number of rotatable bonds is 9. The normalized spacial score (nSPS) is 16.3. The Balaban J connectivity index is 1.91. The van der Waals surface area contributed by atoms with Gasteiger partial charge in [0.25, 0.3) is 0 Å². The molecule has 0 spiro atoms. The lowest BCUT2D eigenvalue weighted by Crippen LogP contribution is -2.44. The first-order chi connectivity index (χ1) is 11.2. The van der Waals surface area contributed by atoms with Gasteiger partial charge in [-0.1, -0.05) is 38.3 Å². The van der Waals surface area contributed by atoms with E-state index in [0.717, 1.165) is 43.6 Å². The van der Waals surface area contributed by atoms with Gasteiger partial charge in [-0.05, 0) is 43.4 Å². The van der Waals surface area contributed by atoms with Crippen molar-refractivity contribution in [2.45, 2.75) is 64.0 Å². The second-order valence-corrected chi connectivity index (χ2v) is 6.27. The Hall–Kier alpha value is -1.55. The molecule has 0 bridgehead atoms. The van der Waals surface area contributed by atoms with Crippen LogP contribution in [0.15, 0.2) is 24.3 Å². The largest absolute Gasteiger partial charge is 0.494 e. The van der Waals surface area contributed by atoms with Gasteiger partial charge in [0.1, 0.15) is 11.8 Å². The molecule has 4 heteroatoms. The van der Waals surface area contributed by atoms with Crippen LogP contribution in [0, 0.1) is 0 Å². The van der Waals surface area contributed by atoms with Crippen molar-refractivity contribution >= 4 is 5.97 Å². The topological polar surface area (TPSA) is 47.6 Å². The number of carbonyl (C=O) groups is 1. The number of benzene rings is 1. The predicted molar refractivity (Wildman–Crippen MR) is 91.7 cm³/mol. The zero-order valence-corrected chi connectivity index (χ0v) is 14.3. The summed E-state index contributed by atoms with van der Waals surface area (Å²) in [7, 11) is 1.45. The van der Waals surface area contributed by atoms with E-state index in [0.29, 0.717) is 12.5 Å². The molecule has 1 aliphatic rings. The summed E-state index contributed by atoms with van der Waals surface area (Å²) < 4.78 is 10.6. The summed E-state index contributed by atoms with van der Waals surface area (Å²) in [5, 5.41) is 3.47. The van der Waals surface area contributed by atoms with Crippen molar-refractivity contribution in [3.63, 3.8) is 0 Å². The number of hydrogen-bond donors (Lipinski definition) is 1. The van der Waals surface area contributed by atoms with Crippen LogP contribution in [0.3, 0.4) is 0 Å². The van der Waals surface area contributed by atoms with Gasteiger partial charge in [-0.2, -0.15) is 0 Å². The maximum absolute atomic E-state index is 12.0. The van der Waals surface area contributed by atoms with E-state index in [2.05, 4.69) is 12.2 Å². The first-order valence-corrected chi connectivity index (χ1v) is 8.78. The highest BCUT2D eigenvalue weighted by molar-refractivity contribution is 5.76. The van der Waals surface area contributed by atoms with Crippen molar-refractivity contribution < 1.29 is 14.3 Å². The van der Waals surface area contributed by atoms with Gasteiger partial charge in [-0.25, -0.2) is 0 Å². The molecule has 0 radical (unpaired) electrons. The summed E-state index contributed by atoms with van der Waals surface area (Å²) in [6.07, 6.45) is 7.64. The van der Waals surface area contributed by atoms with Crippen LogP contribution in [-0.2, 0) is 16.0 Å². The molecule has 1 atom stereocenters. The molecule has 0 aliphatic heterocycles. The SMILES string of the molecule is CCCCOc1ccc(CC(NC2CCCC2)C(=O)OC)cc1. The van der Waals surface area contributed by atoms with Crippen molar-refractivity contribution in [1.82, 2.24) is 5.32 Å². The van der Waals surface area contributed by atoms with Crippen molar-refractivity contribution in [1.29, 1.82) is 0 Å². The van der Waals surface area contributed by atoms with E-state index in [-0.39, 0.29) is 12.0 Å². The van der Waals surface area contributed by atoms with Crippen LogP contribution < -0.4 is 10.1 Å². The molecule has 1 aliphatic carbocycles. The van der Waals surface area contributed by atoms with Crippen LogP contribution in [-0.4, -0.2) is 31.8 Å². The number of methoxy groups -OCH3 is 1. The maximum atomic E-state index is 12.0. The van der Waals surface area contributed by atoms with Gasteiger partial charge in [-0.15, -0.1) is 0 Å². The fourth-order valence-electron chi connectivity index (χ4n) is 3.02. The zero-order chi connectivity index (χ0) is 16.5. The molecule has 1 unspecified atom stereocenters. The van der Waals surface area contributed by atoms with Gasteiger partial charge in [0, 0.05) is 6.04 Å². The third-order valence-electron chi connectivity index (χ3n) is 4.41. The highest BCUT2D eigenvalue weighted by atomic mass is 16.5. The van der Waals surface area contributed by atoms with E-state index in [4.69, 9.17) is 9.47 Å². The summed E-state index contributed by atoms with van der Waals surface area (Å²) in [5.74, 6) is 0.709. The van der Waals surface area contributed by atoms with E-state index >= 15 is 0 Å². The Bertz CT molecular complexity index is 466. The molecule has 1 aromatic carbocycles. The summed E-state index contributed by atoms with van der Waals surface area (Å²) >= 11 is 0. The molecule has 2 rings (SSSR count). The molecule has 1 fully saturated rings. The van der Waals surface area contributed by atoms with Crippen LogP contribution in [0.2, 0.25) is 0 Å². The number of carbonyl (C=O) groups excluding carboxylic acids is 1. The Kier molecular flexibility index (Phi) is 7.40. The molecule has 23 heavy (non-hydrogen) atoms. The molecular formula is C19H29NO3. The second kappa shape index (κ2) is 9.56. The number of hydrogen-bond acceptors (Lipinski definition) is 4. The highest BCUT2D eigenvalue weighted by Gasteiger charge is 2.25. The van der Waals surface area contributed by atoms with E-state index < -0.39 is 0 Å². The number of ether oxygens (including phenoxy) is 2. The van der Waals surface area contributed by atoms with Gasteiger partial charge in [-0.3, -0.25) is 4.79 Å². The zero-order valence-electron chi connectivity index (χ0n) is 14.3. The quantitative estimate of drug-likeness (QED) is 0.559. The van der Waals surface area contributed by atoms with E-state index in [9.17, 15) is 4.79 Å². The molecule has 1 saturated carbocycles. The summed E-state index contributed by atoms with van der Waals surface area (Å²) in [4.78, 5) is 12.0. The number of esters is 1. The molecule has 4 nitrogen and oxygen atoms in total. The van der Waals surface area contributed by atoms with Gasteiger partial charge in [0.15, 0.2) is 0 Å². The van der Waals surface area contributed by atoms with Crippen molar-refractivity contribution in [3.05, 3.63) is 29.8 Å². The Morgan fingerprint density at radius 1 is 1.26 bits per heavy atom. The van der Waals surface area contributed by atoms with Gasteiger partial charge in [0.2, 0.25) is 0 Å². The summed E-state index contributed by atoms with van der Waals surface area (Å²) in [5.41, 5.74) is 1.12. The van der Waals surface area contributed by atoms with Gasteiger partial charge >= 0.3 is 5.97 Å². The molecule has 0 aromatic heterocycles. The van der Waals surface area contributed by atoms with Gasteiger partial charge < -0.3 is 14.8 Å². The first kappa shape index (κ1) is 17.8. The minimum Gasteiger partial charge on any atom is -0.494 e. The van der Waals surface area contributed by atoms with Crippen LogP contribution >= 0.6 is 0 Å². The Morgan fingerprint density at radius 2 is 1.96 bits per heavy atom. The van der Waals surface area contributed by atoms with Crippen molar-refractivity contribution in [2.75, 3.05) is 13.7 Å². The lowest BCUT2D eigenvalue weighted by atomic mass is 10.0. The first-order valence-electron chi connectivity index (χ1n) is 8.78. The third-order valence-corrected chi connectivity index (χ3v) is 4.41. The van der Waals surface area contributed by atoms with Crippen molar-refractivity contribution in [3.8, 4) is 5.75 Å². The fraction of sp³-hybridized carbons (Fsp3) is 0.632. The molecule has 1 N–H and O–H groups in total. The second-order valence-electron chi connectivity index (χ2n) is 6.27. The Labute approximate surface area is 139 Å². The van der Waals surface area contributed by atoms with E-state index in [1.54, 1.807) is 0 Å². The lowest BCUT2D eigenvalue weighted by Gasteiger charge is -2.21. The van der Waals surface area contributed by atoms with E-state index in [1.165, 1.54) is 20.0 Å². The standard InChI is InChI=1S/C19H29NO3/c1-3-4-13-23-17-11-9-15(10-12-17)14-18(19(21)22-2)20-16-7-5-6-8-16/h9-12,16,18,20H,3-8,13-14H2,1-2H3. The third kappa shape index (κ3) is 5.87. The number of unbranched alkanes of at least 4 members (excludes halogenated alkanes) is 1. The summed E-state index contributed by atoms with van der Waals surface area (Å²) in [6, 6.07) is 8.20. The minimum atomic E-state index is -0.269.